The van der Waals surface area contributed by atoms with Gasteiger partial charge in [-0.05, 0) is 44.9 Å². The van der Waals surface area contributed by atoms with Gasteiger partial charge in [-0.15, -0.1) is 0 Å². The summed E-state index contributed by atoms with van der Waals surface area (Å²) in [6.07, 6.45) is 0.745. The summed E-state index contributed by atoms with van der Waals surface area (Å²) in [6.45, 7) is 5.98. The molecule has 98 valence electrons. The van der Waals surface area contributed by atoms with Gasteiger partial charge in [0, 0.05) is 5.57 Å². The first-order valence-electron chi connectivity index (χ1n) is 6.04. The summed E-state index contributed by atoms with van der Waals surface area (Å²) >= 11 is 0. The molecule has 0 saturated carbocycles. The maximum atomic E-state index is 11.6. The zero-order valence-corrected chi connectivity index (χ0v) is 11.4. The summed E-state index contributed by atoms with van der Waals surface area (Å²) in [5.41, 5.74) is 2.86. The van der Waals surface area contributed by atoms with E-state index in [1.165, 1.54) is 0 Å². The number of hydrogen-bond acceptors (Lipinski definition) is 3. The first-order valence-corrected chi connectivity index (χ1v) is 6.04. The van der Waals surface area contributed by atoms with E-state index in [2.05, 4.69) is 0 Å². The number of rotatable bonds is 5. The molecule has 0 saturated heterocycles. The third-order valence-electron chi connectivity index (χ3n) is 2.85. The molecule has 0 heterocycles. The van der Waals surface area contributed by atoms with Crippen molar-refractivity contribution in [2.45, 2.75) is 27.2 Å². The molecule has 0 amide bonds. The fourth-order valence-corrected chi connectivity index (χ4v) is 1.60. The Morgan fingerprint density at radius 3 is 2.28 bits per heavy atom. The smallest absolute Gasteiger partial charge is 0.333 e. The van der Waals surface area contributed by atoms with Gasteiger partial charge < -0.3 is 9.47 Å². The molecule has 3 heteroatoms. The molecule has 0 aliphatic heterocycles. The first kappa shape index (κ1) is 14.3. The van der Waals surface area contributed by atoms with Crippen LogP contribution in [0, 0.1) is 0 Å². The van der Waals surface area contributed by atoms with Crippen LogP contribution in [0.4, 0.5) is 0 Å². The molecule has 0 unspecified atom stereocenters. The van der Waals surface area contributed by atoms with Gasteiger partial charge in [0.1, 0.15) is 5.75 Å². The van der Waals surface area contributed by atoms with Crippen molar-refractivity contribution in [3.05, 3.63) is 41.0 Å². The van der Waals surface area contributed by atoms with Gasteiger partial charge in [-0.1, -0.05) is 17.7 Å². The van der Waals surface area contributed by atoms with Crippen molar-refractivity contribution in [3.8, 4) is 5.75 Å². The van der Waals surface area contributed by atoms with Crippen LogP contribution in [-0.2, 0) is 16.0 Å². The summed E-state index contributed by atoms with van der Waals surface area (Å²) in [4.78, 5) is 11.6. The number of esters is 1. The maximum Gasteiger partial charge on any atom is 0.333 e. The predicted octanol–water partition coefficient (Wildman–Crippen LogP) is 3.14. The zero-order chi connectivity index (χ0) is 13.5. The molecule has 0 aromatic heterocycles. The van der Waals surface area contributed by atoms with Crippen LogP contribution >= 0.6 is 0 Å². The molecule has 0 N–H and O–H groups in total. The number of ether oxygens (including phenoxy) is 2. The van der Waals surface area contributed by atoms with Crippen LogP contribution in [-0.4, -0.2) is 19.7 Å². The molecular formula is C15H20O3. The average Bonchev–Trinajstić information content (AvgIpc) is 2.39. The molecule has 18 heavy (non-hydrogen) atoms. The molecular weight excluding hydrogens is 228 g/mol. The average molecular weight is 248 g/mol. The van der Waals surface area contributed by atoms with E-state index in [0.29, 0.717) is 12.2 Å². The van der Waals surface area contributed by atoms with Gasteiger partial charge in [-0.25, -0.2) is 4.79 Å². The van der Waals surface area contributed by atoms with Gasteiger partial charge in [0.25, 0.3) is 0 Å². The molecule has 0 atom stereocenters. The van der Waals surface area contributed by atoms with Crippen molar-refractivity contribution in [1.29, 1.82) is 0 Å². The Morgan fingerprint density at radius 2 is 1.78 bits per heavy atom. The van der Waals surface area contributed by atoms with Crippen LogP contribution < -0.4 is 4.74 Å². The second-order valence-electron chi connectivity index (χ2n) is 4.15. The molecule has 1 aromatic rings. The van der Waals surface area contributed by atoms with Crippen LogP contribution in [0.15, 0.2) is 35.4 Å². The van der Waals surface area contributed by atoms with Crippen molar-refractivity contribution in [2.75, 3.05) is 13.7 Å². The third-order valence-corrected chi connectivity index (χ3v) is 2.85. The normalized spacial score (nSPS) is 11.8. The molecule has 0 spiro atoms. The van der Waals surface area contributed by atoms with Gasteiger partial charge in [-0.3, -0.25) is 0 Å². The lowest BCUT2D eigenvalue weighted by molar-refractivity contribution is -0.138. The predicted molar refractivity (Wildman–Crippen MR) is 71.7 cm³/mol. The van der Waals surface area contributed by atoms with E-state index in [9.17, 15) is 4.79 Å². The minimum atomic E-state index is -0.233. The first-order chi connectivity index (χ1) is 8.58. The highest BCUT2D eigenvalue weighted by atomic mass is 16.5. The van der Waals surface area contributed by atoms with Gasteiger partial charge in [0.2, 0.25) is 0 Å². The van der Waals surface area contributed by atoms with Gasteiger partial charge in [0.05, 0.1) is 13.7 Å². The summed E-state index contributed by atoms with van der Waals surface area (Å²) in [6, 6.07) is 7.84. The fraction of sp³-hybridized carbons (Fsp3) is 0.400. The SMILES string of the molecule is CCOC(=O)/C(C)=C(/C)Cc1ccc(OC)cc1. The third kappa shape index (κ3) is 3.91. The lowest BCUT2D eigenvalue weighted by atomic mass is 10.0. The van der Waals surface area contributed by atoms with Crippen LogP contribution in [0.5, 0.6) is 5.75 Å². The zero-order valence-electron chi connectivity index (χ0n) is 11.4. The van der Waals surface area contributed by atoms with E-state index in [-0.39, 0.29) is 5.97 Å². The minimum Gasteiger partial charge on any atom is -0.497 e. The number of methoxy groups -OCH3 is 1. The van der Waals surface area contributed by atoms with Crippen molar-refractivity contribution in [3.63, 3.8) is 0 Å². The van der Waals surface area contributed by atoms with E-state index in [1.54, 1.807) is 14.0 Å². The number of allylic oxidation sites excluding steroid dienone is 1. The second kappa shape index (κ2) is 6.84. The molecule has 1 rings (SSSR count). The summed E-state index contributed by atoms with van der Waals surface area (Å²) in [7, 11) is 1.64. The molecule has 0 aliphatic carbocycles. The number of hydrogen-bond donors (Lipinski definition) is 0. The molecule has 0 fully saturated rings. The Labute approximate surface area is 108 Å². The summed E-state index contributed by atoms with van der Waals surface area (Å²) in [5.74, 6) is 0.603. The van der Waals surface area contributed by atoms with Crippen LogP contribution in [0.2, 0.25) is 0 Å². The Balaban J connectivity index is 2.75. The molecule has 3 nitrogen and oxygen atoms in total. The van der Waals surface area contributed by atoms with Crippen LogP contribution in [0.3, 0.4) is 0 Å². The lowest BCUT2D eigenvalue weighted by Gasteiger charge is -2.08. The number of carbonyl (C=O) groups excluding carboxylic acids is 1. The molecule has 1 aromatic carbocycles. The van der Waals surface area contributed by atoms with E-state index < -0.39 is 0 Å². The van der Waals surface area contributed by atoms with Crippen molar-refractivity contribution in [1.82, 2.24) is 0 Å². The van der Waals surface area contributed by atoms with Gasteiger partial charge in [-0.2, -0.15) is 0 Å². The highest BCUT2D eigenvalue weighted by Crippen LogP contribution is 2.16. The maximum absolute atomic E-state index is 11.6. The number of carbonyl (C=O) groups is 1. The molecule has 0 aliphatic rings. The summed E-state index contributed by atoms with van der Waals surface area (Å²) in [5, 5.41) is 0. The Morgan fingerprint density at radius 1 is 1.17 bits per heavy atom. The Bertz CT molecular complexity index is 430. The summed E-state index contributed by atoms with van der Waals surface area (Å²) < 4.78 is 10.1. The van der Waals surface area contributed by atoms with E-state index in [4.69, 9.17) is 9.47 Å². The fourth-order valence-electron chi connectivity index (χ4n) is 1.60. The standard InChI is InChI=1S/C15H20O3/c1-5-18-15(16)12(3)11(2)10-13-6-8-14(17-4)9-7-13/h6-9H,5,10H2,1-4H3/b12-11-. The van der Waals surface area contributed by atoms with E-state index in [1.807, 2.05) is 38.1 Å². The monoisotopic (exact) mass is 248 g/mol. The van der Waals surface area contributed by atoms with Crippen molar-refractivity contribution >= 4 is 5.97 Å². The quantitative estimate of drug-likeness (QED) is 0.593. The van der Waals surface area contributed by atoms with E-state index in [0.717, 1.165) is 23.3 Å². The largest absolute Gasteiger partial charge is 0.497 e. The molecule has 0 bridgehead atoms. The second-order valence-corrected chi connectivity index (χ2v) is 4.15. The highest BCUT2D eigenvalue weighted by molar-refractivity contribution is 5.88. The van der Waals surface area contributed by atoms with Crippen LogP contribution in [0.25, 0.3) is 0 Å². The lowest BCUT2D eigenvalue weighted by Crippen LogP contribution is -2.07. The van der Waals surface area contributed by atoms with Crippen molar-refractivity contribution < 1.29 is 14.3 Å². The van der Waals surface area contributed by atoms with Gasteiger partial charge in [0.15, 0.2) is 0 Å². The van der Waals surface area contributed by atoms with E-state index >= 15 is 0 Å². The Hall–Kier alpha value is -1.77. The topological polar surface area (TPSA) is 35.5 Å². The minimum absolute atomic E-state index is 0.233. The molecule has 0 radical (unpaired) electrons. The van der Waals surface area contributed by atoms with Gasteiger partial charge >= 0.3 is 5.97 Å². The Kier molecular flexibility index (Phi) is 5.43. The highest BCUT2D eigenvalue weighted by Gasteiger charge is 2.08. The van der Waals surface area contributed by atoms with Crippen molar-refractivity contribution in [2.24, 2.45) is 0 Å². The van der Waals surface area contributed by atoms with Crippen LogP contribution in [0.1, 0.15) is 26.3 Å². The number of benzene rings is 1.